The largest absolute Gasteiger partial charge is 0.487 e. The van der Waals surface area contributed by atoms with E-state index in [-0.39, 0.29) is 11.6 Å². The van der Waals surface area contributed by atoms with Crippen LogP contribution in [0.5, 0.6) is 5.75 Å². The van der Waals surface area contributed by atoms with E-state index in [1.54, 1.807) is 24.5 Å². The molecule has 3 rings (SSSR count). The van der Waals surface area contributed by atoms with Crippen LogP contribution in [0.15, 0.2) is 48.9 Å². The monoisotopic (exact) mass is 310 g/mol. The number of aromatic nitrogens is 2. The number of hydrogen-bond acceptors (Lipinski definition) is 3. The first-order valence-electron chi connectivity index (χ1n) is 7.46. The summed E-state index contributed by atoms with van der Waals surface area (Å²) >= 11 is 0. The highest BCUT2D eigenvalue weighted by molar-refractivity contribution is 5.94. The van der Waals surface area contributed by atoms with Crippen LogP contribution in [0.4, 0.5) is 0 Å². The molecule has 0 spiro atoms. The average Bonchev–Trinajstić information content (AvgIpc) is 2.92. The molecule has 118 valence electrons. The lowest BCUT2D eigenvalue weighted by molar-refractivity contribution is 0.0697. The summed E-state index contributed by atoms with van der Waals surface area (Å²) in [6.07, 6.45) is 5.40. The molecule has 2 aromatic heterocycles. The van der Waals surface area contributed by atoms with Crippen molar-refractivity contribution in [2.24, 2.45) is 0 Å². The van der Waals surface area contributed by atoms with Gasteiger partial charge >= 0.3 is 5.97 Å². The minimum Gasteiger partial charge on any atom is -0.487 e. The summed E-state index contributed by atoms with van der Waals surface area (Å²) in [7, 11) is 0. The normalized spacial score (nSPS) is 11.1. The fourth-order valence-electron chi connectivity index (χ4n) is 2.59. The number of benzene rings is 1. The Kier molecular flexibility index (Phi) is 4.02. The van der Waals surface area contributed by atoms with E-state index >= 15 is 0 Å². The highest BCUT2D eigenvalue weighted by Crippen LogP contribution is 2.27. The zero-order valence-corrected chi connectivity index (χ0v) is 13.1. The summed E-state index contributed by atoms with van der Waals surface area (Å²) in [6, 6.07) is 9.10. The predicted octanol–water partition coefficient (Wildman–Crippen LogP) is 3.89. The maximum absolute atomic E-state index is 11.2. The predicted molar refractivity (Wildman–Crippen MR) is 87.9 cm³/mol. The Hall–Kier alpha value is -2.82. The van der Waals surface area contributed by atoms with Gasteiger partial charge in [0.25, 0.3) is 0 Å². The van der Waals surface area contributed by atoms with Gasteiger partial charge in [0.05, 0.1) is 11.8 Å². The highest BCUT2D eigenvalue weighted by Gasteiger charge is 2.14. The van der Waals surface area contributed by atoms with Crippen LogP contribution in [0.2, 0.25) is 0 Å². The van der Waals surface area contributed by atoms with Crippen LogP contribution in [-0.4, -0.2) is 20.6 Å². The quantitative estimate of drug-likeness (QED) is 0.776. The summed E-state index contributed by atoms with van der Waals surface area (Å²) in [5.41, 5.74) is 2.22. The number of pyridine rings is 1. The topological polar surface area (TPSA) is 64.4 Å². The van der Waals surface area contributed by atoms with Crippen LogP contribution in [0, 0.1) is 0 Å². The number of nitrogens with zero attached hydrogens (tertiary/aromatic N) is 2. The molecular formula is C18H18N2O3. The third kappa shape index (κ3) is 3.04. The molecule has 0 aliphatic rings. The molecule has 0 atom stereocenters. The lowest BCUT2D eigenvalue weighted by Crippen LogP contribution is -2.00. The minimum absolute atomic E-state index is 0.230. The smallest absolute Gasteiger partial charge is 0.335 e. The molecule has 23 heavy (non-hydrogen) atoms. The molecule has 5 nitrogen and oxygen atoms in total. The minimum atomic E-state index is -0.920. The van der Waals surface area contributed by atoms with Crippen LogP contribution in [0.3, 0.4) is 0 Å². The average molecular weight is 310 g/mol. The molecule has 0 radical (unpaired) electrons. The number of hydrogen-bond donors (Lipinski definition) is 1. The Balaban J connectivity index is 1.98. The molecule has 5 heteroatoms. The standard InChI is InChI=1S/C18H18N2O3/c1-12(2)20-10-14(11-23-15-4-3-7-19-9-15)16-6-5-13(18(21)22)8-17(16)20/h3-10,12H,11H2,1-2H3,(H,21,22). The van der Waals surface area contributed by atoms with Gasteiger partial charge in [-0.1, -0.05) is 6.07 Å². The Morgan fingerprint density at radius 1 is 1.35 bits per heavy atom. The van der Waals surface area contributed by atoms with Gasteiger partial charge in [-0.05, 0) is 38.1 Å². The fraction of sp³-hybridized carbons (Fsp3) is 0.222. The second-order valence-electron chi connectivity index (χ2n) is 5.67. The van der Waals surface area contributed by atoms with Crippen molar-refractivity contribution in [2.45, 2.75) is 26.5 Å². The van der Waals surface area contributed by atoms with Crippen LogP contribution in [0.1, 0.15) is 35.8 Å². The molecule has 2 heterocycles. The van der Waals surface area contributed by atoms with E-state index < -0.39 is 5.97 Å². The molecule has 0 amide bonds. The number of carboxylic acid groups (broad SMARTS) is 1. The Morgan fingerprint density at radius 2 is 2.17 bits per heavy atom. The van der Waals surface area contributed by atoms with Crippen molar-refractivity contribution in [3.05, 3.63) is 60.0 Å². The number of carboxylic acids is 1. The highest BCUT2D eigenvalue weighted by atomic mass is 16.5. The summed E-state index contributed by atoms with van der Waals surface area (Å²) < 4.78 is 7.85. The Labute approximate surface area is 134 Å². The molecular weight excluding hydrogens is 292 g/mol. The molecule has 0 unspecified atom stereocenters. The van der Waals surface area contributed by atoms with Crippen LogP contribution >= 0.6 is 0 Å². The van der Waals surface area contributed by atoms with Crippen molar-refractivity contribution >= 4 is 16.9 Å². The first-order chi connectivity index (χ1) is 11.1. The van der Waals surface area contributed by atoms with E-state index in [2.05, 4.69) is 23.4 Å². The van der Waals surface area contributed by atoms with Gasteiger partial charge in [-0.3, -0.25) is 4.98 Å². The van der Waals surface area contributed by atoms with Crippen molar-refractivity contribution in [3.8, 4) is 5.75 Å². The number of aromatic carboxylic acids is 1. The van der Waals surface area contributed by atoms with Gasteiger partial charge in [-0.15, -0.1) is 0 Å². The Bertz CT molecular complexity index is 838. The van der Waals surface area contributed by atoms with Gasteiger partial charge in [0.1, 0.15) is 12.4 Å². The lowest BCUT2D eigenvalue weighted by atomic mass is 10.1. The third-order valence-electron chi connectivity index (χ3n) is 3.75. The number of ether oxygens (including phenoxy) is 1. The van der Waals surface area contributed by atoms with E-state index in [4.69, 9.17) is 4.74 Å². The molecule has 1 N–H and O–H groups in total. The first-order valence-corrected chi connectivity index (χ1v) is 7.46. The second-order valence-corrected chi connectivity index (χ2v) is 5.67. The zero-order chi connectivity index (χ0) is 16.4. The molecule has 0 aliphatic carbocycles. The molecule has 0 saturated carbocycles. The number of rotatable bonds is 5. The van der Waals surface area contributed by atoms with Crippen LogP contribution in [-0.2, 0) is 6.61 Å². The first kappa shape index (κ1) is 15.1. The van der Waals surface area contributed by atoms with Crippen LogP contribution < -0.4 is 4.74 Å². The van der Waals surface area contributed by atoms with Crippen LogP contribution in [0.25, 0.3) is 10.9 Å². The van der Waals surface area contributed by atoms with Gasteiger partial charge in [-0.25, -0.2) is 4.79 Å². The van der Waals surface area contributed by atoms with E-state index in [9.17, 15) is 9.90 Å². The van der Waals surface area contributed by atoms with Crippen molar-refractivity contribution in [2.75, 3.05) is 0 Å². The van der Waals surface area contributed by atoms with Crippen molar-refractivity contribution in [3.63, 3.8) is 0 Å². The van der Waals surface area contributed by atoms with E-state index in [0.29, 0.717) is 12.4 Å². The van der Waals surface area contributed by atoms with E-state index in [0.717, 1.165) is 16.5 Å². The van der Waals surface area contributed by atoms with E-state index in [1.165, 1.54) is 0 Å². The molecule has 0 aliphatic heterocycles. The SMILES string of the molecule is CC(C)n1cc(COc2cccnc2)c2ccc(C(=O)O)cc21. The maximum Gasteiger partial charge on any atom is 0.335 e. The van der Waals surface area contributed by atoms with Gasteiger partial charge in [-0.2, -0.15) is 0 Å². The van der Waals surface area contributed by atoms with Gasteiger partial charge in [0.15, 0.2) is 0 Å². The summed E-state index contributed by atoms with van der Waals surface area (Å²) in [5, 5.41) is 10.2. The molecule has 0 bridgehead atoms. The van der Waals surface area contributed by atoms with Crippen molar-refractivity contribution < 1.29 is 14.6 Å². The lowest BCUT2D eigenvalue weighted by Gasteiger charge is -2.09. The van der Waals surface area contributed by atoms with Crippen molar-refractivity contribution in [1.82, 2.24) is 9.55 Å². The Morgan fingerprint density at radius 3 is 2.83 bits per heavy atom. The molecule has 1 aromatic carbocycles. The third-order valence-corrected chi connectivity index (χ3v) is 3.75. The summed E-state index contributed by atoms with van der Waals surface area (Å²) in [6.45, 7) is 4.55. The maximum atomic E-state index is 11.2. The van der Waals surface area contributed by atoms with Gasteiger partial charge < -0.3 is 14.4 Å². The van der Waals surface area contributed by atoms with E-state index in [1.807, 2.05) is 24.4 Å². The summed E-state index contributed by atoms with van der Waals surface area (Å²) in [4.78, 5) is 15.2. The molecule has 0 saturated heterocycles. The number of carbonyl (C=O) groups is 1. The number of fused-ring (bicyclic) bond motifs is 1. The fourth-order valence-corrected chi connectivity index (χ4v) is 2.59. The van der Waals surface area contributed by atoms with Gasteiger partial charge in [0.2, 0.25) is 0 Å². The second kappa shape index (κ2) is 6.12. The van der Waals surface area contributed by atoms with Gasteiger partial charge in [0, 0.05) is 34.9 Å². The summed E-state index contributed by atoms with van der Waals surface area (Å²) in [5.74, 6) is -0.211. The van der Waals surface area contributed by atoms with Crippen molar-refractivity contribution in [1.29, 1.82) is 0 Å². The molecule has 3 aromatic rings. The zero-order valence-electron chi connectivity index (χ0n) is 13.1. The molecule has 0 fully saturated rings.